The molecule has 0 aliphatic carbocycles. The van der Waals surface area contributed by atoms with Crippen molar-refractivity contribution in [3.63, 3.8) is 0 Å². The minimum Gasteiger partial charge on any atom is -0.452 e. The molecule has 0 radical (unpaired) electrons. The lowest BCUT2D eigenvalue weighted by atomic mass is 10.1. The summed E-state index contributed by atoms with van der Waals surface area (Å²) in [6.45, 7) is 2.16. The van der Waals surface area contributed by atoms with Crippen LogP contribution in [0.2, 0.25) is 0 Å². The normalized spacial score (nSPS) is 19.1. The fourth-order valence-corrected chi connectivity index (χ4v) is 3.32. The van der Waals surface area contributed by atoms with Crippen molar-refractivity contribution in [1.29, 1.82) is 0 Å². The summed E-state index contributed by atoms with van der Waals surface area (Å²) >= 11 is 0. The number of ether oxygens (including phenoxy) is 2. The Bertz CT molecular complexity index is 711. The smallest absolute Gasteiger partial charge is 0.338 e. The van der Waals surface area contributed by atoms with Crippen LogP contribution in [-0.2, 0) is 14.3 Å². The highest BCUT2D eigenvalue weighted by Crippen LogP contribution is 2.31. The number of benzene rings is 1. The molecule has 9 nitrogen and oxygen atoms in total. The summed E-state index contributed by atoms with van der Waals surface area (Å²) in [7, 11) is 0. The second kappa shape index (κ2) is 8.81. The molecule has 2 fully saturated rings. The Balaban J connectivity index is 1.56. The molecule has 2 aliphatic rings. The van der Waals surface area contributed by atoms with Gasteiger partial charge < -0.3 is 19.7 Å². The van der Waals surface area contributed by atoms with E-state index in [0.29, 0.717) is 18.8 Å². The highest BCUT2D eigenvalue weighted by atomic mass is 16.6. The molecule has 1 aromatic rings. The largest absolute Gasteiger partial charge is 0.452 e. The molecule has 146 valence electrons. The van der Waals surface area contributed by atoms with Gasteiger partial charge in [-0.15, -0.1) is 0 Å². The zero-order valence-electron chi connectivity index (χ0n) is 15.0. The molecule has 9 heteroatoms. The third-order valence-corrected chi connectivity index (χ3v) is 4.74. The third-order valence-electron chi connectivity index (χ3n) is 4.74. The van der Waals surface area contributed by atoms with Crippen LogP contribution in [0.25, 0.3) is 0 Å². The van der Waals surface area contributed by atoms with Gasteiger partial charge in [-0.1, -0.05) is 0 Å². The van der Waals surface area contributed by atoms with Gasteiger partial charge >= 0.3 is 5.97 Å². The number of nitrogens with zero attached hydrogens (tertiary/aromatic N) is 2. The Kier molecular flexibility index (Phi) is 6.23. The molecule has 1 N–H and O–H groups in total. The highest BCUT2D eigenvalue weighted by molar-refractivity contribution is 5.93. The predicted molar refractivity (Wildman–Crippen MR) is 96.8 cm³/mol. The van der Waals surface area contributed by atoms with Crippen LogP contribution in [0.3, 0.4) is 0 Å². The molecule has 1 atom stereocenters. The van der Waals surface area contributed by atoms with E-state index in [1.165, 1.54) is 12.1 Å². The van der Waals surface area contributed by atoms with Gasteiger partial charge in [0.05, 0.1) is 16.6 Å². The number of nitro benzene ring substituents is 1. The Morgan fingerprint density at radius 2 is 2.07 bits per heavy atom. The number of nitro groups is 1. The monoisotopic (exact) mass is 377 g/mol. The number of hydrogen-bond donors (Lipinski definition) is 1. The lowest BCUT2D eigenvalue weighted by Gasteiger charge is -2.17. The number of anilines is 1. The van der Waals surface area contributed by atoms with Crippen molar-refractivity contribution in [2.75, 3.05) is 37.7 Å². The van der Waals surface area contributed by atoms with Crippen LogP contribution in [0.5, 0.6) is 0 Å². The lowest BCUT2D eigenvalue weighted by molar-refractivity contribution is -0.384. The minimum absolute atomic E-state index is 0.00503. The minimum atomic E-state index is -0.765. The van der Waals surface area contributed by atoms with Crippen LogP contribution in [-0.4, -0.2) is 55.8 Å². The predicted octanol–water partition coefficient (Wildman–Crippen LogP) is 1.65. The summed E-state index contributed by atoms with van der Waals surface area (Å²) in [6, 6.07) is 4.27. The van der Waals surface area contributed by atoms with Crippen LogP contribution in [0.1, 0.15) is 36.0 Å². The summed E-state index contributed by atoms with van der Waals surface area (Å²) < 4.78 is 10.4. The van der Waals surface area contributed by atoms with Gasteiger partial charge in [0.15, 0.2) is 6.61 Å². The molecule has 0 spiro atoms. The van der Waals surface area contributed by atoms with E-state index in [-0.39, 0.29) is 17.4 Å². The fourth-order valence-electron chi connectivity index (χ4n) is 3.32. The molecule has 3 rings (SSSR count). The fraction of sp³-hybridized carbons (Fsp3) is 0.556. The maximum atomic E-state index is 12.2. The van der Waals surface area contributed by atoms with Gasteiger partial charge in [0.25, 0.3) is 11.6 Å². The maximum absolute atomic E-state index is 12.2. The van der Waals surface area contributed by atoms with Crippen LogP contribution in [0, 0.1) is 10.1 Å². The summed E-state index contributed by atoms with van der Waals surface area (Å²) in [5.41, 5.74) is 0.425. The van der Waals surface area contributed by atoms with E-state index in [0.717, 1.165) is 38.8 Å². The maximum Gasteiger partial charge on any atom is 0.338 e. The lowest BCUT2D eigenvalue weighted by Crippen LogP contribution is -2.34. The first-order valence-electron chi connectivity index (χ1n) is 9.13. The molecule has 2 heterocycles. The van der Waals surface area contributed by atoms with Crippen molar-refractivity contribution in [1.82, 2.24) is 5.32 Å². The summed E-state index contributed by atoms with van der Waals surface area (Å²) in [4.78, 5) is 36.8. The second-order valence-corrected chi connectivity index (χ2v) is 6.67. The van der Waals surface area contributed by atoms with Crippen LogP contribution < -0.4 is 10.2 Å². The van der Waals surface area contributed by atoms with Gasteiger partial charge in [0.1, 0.15) is 5.69 Å². The first-order chi connectivity index (χ1) is 13.0. The summed E-state index contributed by atoms with van der Waals surface area (Å²) in [6.07, 6.45) is 3.85. The molecule has 0 saturated carbocycles. The van der Waals surface area contributed by atoms with Gasteiger partial charge in [-0.05, 0) is 37.8 Å². The van der Waals surface area contributed by atoms with Crippen molar-refractivity contribution in [2.45, 2.75) is 31.8 Å². The van der Waals surface area contributed by atoms with E-state index in [4.69, 9.17) is 9.47 Å². The number of amides is 1. The summed E-state index contributed by atoms with van der Waals surface area (Å²) in [5.74, 6) is -1.19. The molecule has 27 heavy (non-hydrogen) atoms. The van der Waals surface area contributed by atoms with Gasteiger partial charge in [0, 0.05) is 32.3 Å². The second-order valence-electron chi connectivity index (χ2n) is 6.67. The third kappa shape index (κ3) is 4.94. The van der Waals surface area contributed by atoms with Crippen LogP contribution in [0.15, 0.2) is 18.2 Å². The number of esters is 1. The van der Waals surface area contributed by atoms with E-state index < -0.39 is 23.4 Å². The molecule has 0 aromatic heterocycles. The van der Waals surface area contributed by atoms with E-state index in [1.54, 1.807) is 6.07 Å². The standard InChI is InChI=1S/C18H23N3O6/c22-17(19-11-14-4-3-9-26-14)12-27-18(23)13-5-6-15(16(10-13)21(24)25)20-7-1-2-8-20/h5-6,10,14H,1-4,7-9,11-12H2,(H,19,22)/t14-/m1/s1. The summed E-state index contributed by atoms with van der Waals surface area (Å²) in [5, 5.41) is 14.0. The van der Waals surface area contributed by atoms with E-state index in [2.05, 4.69) is 5.32 Å². The Labute approximate surface area is 156 Å². The molecule has 0 bridgehead atoms. The van der Waals surface area contributed by atoms with Crippen LogP contribution in [0.4, 0.5) is 11.4 Å². The number of rotatable bonds is 7. The number of carbonyl (C=O) groups excluding carboxylic acids is 2. The van der Waals surface area contributed by atoms with Gasteiger partial charge in [0.2, 0.25) is 0 Å². The number of carbonyl (C=O) groups is 2. The van der Waals surface area contributed by atoms with Crippen molar-refractivity contribution >= 4 is 23.3 Å². The van der Waals surface area contributed by atoms with Gasteiger partial charge in [-0.3, -0.25) is 14.9 Å². The molecular weight excluding hydrogens is 354 g/mol. The quantitative estimate of drug-likeness (QED) is 0.437. The van der Waals surface area contributed by atoms with Crippen molar-refractivity contribution in [3.05, 3.63) is 33.9 Å². The Morgan fingerprint density at radius 1 is 1.30 bits per heavy atom. The van der Waals surface area contributed by atoms with Gasteiger partial charge in [-0.2, -0.15) is 0 Å². The van der Waals surface area contributed by atoms with Crippen molar-refractivity contribution in [3.8, 4) is 0 Å². The van der Waals surface area contributed by atoms with Crippen molar-refractivity contribution in [2.24, 2.45) is 0 Å². The average Bonchev–Trinajstić information content (AvgIpc) is 3.37. The van der Waals surface area contributed by atoms with Crippen LogP contribution >= 0.6 is 0 Å². The number of hydrogen-bond acceptors (Lipinski definition) is 7. The Morgan fingerprint density at radius 3 is 2.74 bits per heavy atom. The molecule has 1 amide bonds. The highest BCUT2D eigenvalue weighted by Gasteiger charge is 2.24. The zero-order valence-corrected chi connectivity index (χ0v) is 15.0. The van der Waals surface area contributed by atoms with Crippen molar-refractivity contribution < 1.29 is 24.0 Å². The first-order valence-corrected chi connectivity index (χ1v) is 9.13. The Hall–Kier alpha value is -2.68. The van der Waals surface area contributed by atoms with Gasteiger partial charge in [-0.25, -0.2) is 4.79 Å². The molecular formula is C18H23N3O6. The molecule has 2 saturated heterocycles. The number of nitrogens with one attached hydrogen (secondary N) is 1. The topological polar surface area (TPSA) is 111 Å². The SMILES string of the molecule is O=C(COC(=O)c1ccc(N2CCCC2)c([N+](=O)[O-])c1)NC[C@H]1CCCO1. The average molecular weight is 377 g/mol. The molecule has 2 aliphatic heterocycles. The first kappa shape index (κ1) is 19.1. The van der Waals surface area contributed by atoms with E-state index in [9.17, 15) is 19.7 Å². The molecule has 0 unspecified atom stereocenters. The van der Waals surface area contributed by atoms with E-state index in [1.807, 2.05) is 4.90 Å². The zero-order chi connectivity index (χ0) is 19.2. The molecule has 1 aromatic carbocycles. The van der Waals surface area contributed by atoms with E-state index >= 15 is 0 Å².